The number of aryl methyl sites for hydroxylation is 1. The van der Waals surface area contributed by atoms with E-state index in [1.165, 1.54) is 29.3 Å². The Morgan fingerprint density at radius 3 is 2.54 bits per heavy atom. The highest BCUT2D eigenvalue weighted by atomic mass is 16.1. The van der Waals surface area contributed by atoms with Gasteiger partial charge in [-0.25, -0.2) is 4.79 Å². The van der Waals surface area contributed by atoms with Gasteiger partial charge in [0, 0.05) is 23.6 Å². The molecule has 0 unspecified atom stereocenters. The third kappa shape index (κ3) is 3.16. The van der Waals surface area contributed by atoms with Crippen molar-refractivity contribution >= 4 is 21.9 Å². The van der Waals surface area contributed by atoms with Crippen molar-refractivity contribution in [3.63, 3.8) is 0 Å². The summed E-state index contributed by atoms with van der Waals surface area (Å²) in [4.78, 5) is 21.1. The highest BCUT2D eigenvalue weighted by molar-refractivity contribution is 5.83. The molecule has 4 aromatic rings. The zero-order valence-electron chi connectivity index (χ0n) is 16.0. The Kier molecular flexibility index (Phi) is 4.53. The van der Waals surface area contributed by atoms with Crippen molar-refractivity contribution in [1.82, 2.24) is 19.4 Å². The number of hydrogen-bond acceptors (Lipinski definition) is 2. The first kappa shape index (κ1) is 17.3. The molecule has 2 N–H and O–H groups in total. The number of nitrogens with zero attached hydrogens (tertiary/aromatic N) is 2. The summed E-state index contributed by atoms with van der Waals surface area (Å²) in [6.45, 7) is 4.08. The molecule has 0 bridgehead atoms. The first-order chi connectivity index (χ1) is 13.8. The predicted molar refractivity (Wildman–Crippen MR) is 114 cm³/mol. The molecule has 0 saturated carbocycles. The molecule has 144 valence electrons. The third-order valence-electron chi connectivity index (χ3n) is 6.19. The summed E-state index contributed by atoms with van der Waals surface area (Å²) >= 11 is 0. The largest absolute Gasteiger partial charge is 0.361 e. The van der Waals surface area contributed by atoms with E-state index in [4.69, 9.17) is 0 Å². The SMILES string of the molecule is O=c1[nH]c2ccccc2n1CCCN1CCC(c2c[nH]c3ccccc23)CC1. The lowest BCUT2D eigenvalue weighted by Crippen LogP contribution is -2.34. The first-order valence-corrected chi connectivity index (χ1v) is 10.3. The lowest BCUT2D eigenvalue weighted by atomic mass is 9.89. The van der Waals surface area contributed by atoms with Crippen LogP contribution in [0.2, 0.25) is 0 Å². The number of hydrogen-bond donors (Lipinski definition) is 2. The van der Waals surface area contributed by atoms with Gasteiger partial charge in [0.1, 0.15) is 0 Å². The predicted octanol–water partition coefficient (Wildman–Crippen LogP) is 4.08. The normalized spacial score (nSPS) is 16.3. The van der Waals surface area contributed by atoms with E-state index in [9.17, 15) is 4.79 Å². The molecule has 0 amide bonds. The van der Waals surface area contributed by atoms with E-state index in [2.05, 4.69) is 45.3 Å². The lowest BCUT2D eigenvalue weighted by molar-refractivity contribution is 0.207. The van der Waals surface area contributed by atoms with Crippen LogP contribution < -0.4 is 5.69 Å². The molecule has 5 nitrogen and oxygen atoms in total. The molecule has 1 fully saturated rings. The molecule has 0 atom stereocenters. The van der Waals surface area contributed by atoms with Crippen LogP contribution >= 0.6 is 0 Å². The number of imidazole rings is 1. The number of rotatable bonds is 5. The number of nitrogens with one attached hydrogen (secondary N) is 2. The molecule has 5 rings (SSSR count). The van der Waals surface area contributed by atoms with Gasteiger partial charge < -0.3 is 14.9 Å². The average molecular weight is 374 g/mol. The summed E-state index contributed by atoms with van der Waals surface area (Å²) in [5, 5.41) is 1.37. The summed E-state index contributed by atoms with van der Waals surface area (Å²) in [5.41, 5.74) is 4.64. The molecule has 0 aliphatic carbocycles. The summed E-state index contributed by atoms with van der Waals surface area (Å²) < 4.78 is 1.87. The Morgan fingerprint density at radius 2 is 1.68 bits per heavy atom. The van der Waals surface area contributed by atoms with Crippen LogP contribution in [0.4, 0.5) is 0 Å². The summed E-state index contributed by atoms with van der Waals surface area (Å²) in [7, 11) is 0. The van der Waals surface area contributed by atoms with Crippen molar-refractivity contribution in [3.05, 3.63) is 70.8 Å². The fraction of sp³-hybridized carbons (Fsp3) is 0.348. The minimum Gasteiger partial charge on any atom is -0.361 e. The van der Waals surface area contributed by atoms with Gasteiger partial charge >= 0.3 is 5.69 Å². The molecule has 0 radical (unpaired) electrons. The Balaban J connectivity index is 1.18. The molecular weight excluding hydrogens is 348 g/mol. The first-order valence-electron chi connectivity index (χ1n) is 10.3. The maximum Gasteiger partial charge on any atom is 0.326 e. The Labute approximate surface area is 164 Å². The standard InChI is InChI=1S/C23H26N4O/c28-23-25-21-8-3-4-9-22(21)27(23)13-5-12-26-14-10-17(11-15-26)19-16-24-20-7-2-1-6-18(19)20/h1-4,6-9,16-17,24H,5,10-15H2,(H,25,28). The van der Waals surface area contributed by atoms with E-state index in [-0.39, 0.29) is 5.69 Å². The van der Waals surface area contributed by atoms with Crippen LogP contribution in [0.3, 0.4) is 0 Å². The molecule has 3 heterocycles. The number of likely N-dealkylation sites (tertiary alicyclic amines) is 1. The van der Waals surface area contributed by atoms with Crippen molar-refractivity contribution in [2.45, 2.75) is 31.7 Å². The number of para-hydroxylation sites is 3. The van der Waals surface area contributed by atoms with E-state index in [1.807, 2.05) is 28.8 Å². The fourth-order valence-corrected chi connectivity index (χ4v) is 4.68. The molecule has 2 aromatic carbocycles. The zero-order valence-corrected chi connectivity index (χ0v) is 16.0. The maximum atomic E-state index is 12.2. The highest BCUT2D eigenvalue weighted by Gasteiger charge is 2.22. The van der Waals surface area contributed by atoms with Gasteiger partial charge in [-0.05, 0) is 68.6 Å². The molecular formula is C23H26N4O. The van der Waals surface area contributed by atoms with Crippen LogP contribution in [-0.2, 0) is 6.54 Å². The Morgan fingerprint density at radius 1 is 0.929 bits per heavy atom. The van der Waals surface area contributed by atoms with Crippen LogP contribution in [0.15, 0.2) is 59.5 Å². The number of benzene rings is 2. The minimum atomic E-state index is -0.000700. The molecule has 1 aliphatic rings. The van der Waals surface area contributed by atoms with E-state index >= 15 is 0 Å². The Hall–Kier alpha value is -2.79. The van der Waals surface area contributed by atoms with E-state index in [0.717, 1.165) is 43.6 Å². The zero-order chi connectivity index (χ0) is 18.9. The summed E-state index contributed by atoms with van der Waals surface area (Å²) in [6.07, 6.45) is 5.61. The van der Waals surface area contributed by atoms with E-state index in [1.54, 1.807) is 0 Å². The van der Waals surface area contributed by atoms with Gasteiger partial charge in [-0.1, -0.05) is 30.3 Å². The third-order valence-corrected chi connectivity index (χ3v) is 6.19. The summed E-state index contributed by atoms with van der Waals surface area (Å²) in [5.74, 6) is 0.642. The van der Waals surface area contributed by atoms with Crippen molar-refractivity contribution in [1.29, 1.82) is 0 Å². The number of aromatic amines is 2. The number of aromatic nitrogens is 3. The topological polar surface area (TPSA) is 56.8 Å². The fourth-order valence-electron chi connectivity index (χ4n) is 4.68. The lowest BCUT2D eigenvalue weighted by Gasteiger charge is -2.32. The van der Waals surface area contributed by atoms with Gasteiger partial charge in [0.2, 0.25) is 0 Å². The van der Waals surface area contributed by atoms with Crippen LogP contribution in [0.1, 0.15) is 30.7 Å². The molecule has 1 saturated heterocycles. The second-order valence-corrected chi connectivity index (χ2v) is 7.86. The van der Waals surface area contributed by atoms with Crippen LogP contribution in [-0.4, -0.2) is 39.1 Å². The van der Waals surface area contributed by atoms with Crippen molar-refractivity contribution in [2.24, 2.45) is 0 Å². The van der Waals surface area contributed by atoms with Gasteiger partial charge in [0.05, 0.1) is 11.0 Å². The quantitative estimate of drug-likeness (QED) is 0.553. The van der Waals surface area contributed by atoms with Gasteiger partial charge in [-0.15, -0.1) is 0 Å². The highest BCUT2D eigenvalue weighted by Crippen LogP contribution is 2.33. The van der Waals surface area contributed by atoms with Crippen molar-refractivity contribution in [3.8, 4) is 0 Å². The number of piperidine rings is 1. The summed E-state index contributed by atoms with van der Waals surface area (Å²) in [6, 6.07) is 16.5. The molecule has 5 heteroatoms. The second-order valence-electron chi connectivity index (χ2n) is 7.86. The monoisotopic (exact) mass is 374 g/mol. The number of fused-ring (bicyclic) bond motifs is 2. The van der Waals surface area contributed by atoms with Gasteiger partial charge in [-0.2, -0.15) is 0 Å². The van der Waals surface area contributed by atoms with Crippen LogP contribution in [0.5, 0.6) is 0 Å². The van der Waals surface area contributed by atoms with Gasteiger partial charge in [-0.3, -0.25) is 4.57 Å². The second kappa shape index (κ2) is 7.32. The van der Waals surface area contributed by atoms with Crippen LogP contribution in [0, 0.1) is 0 Å². The smallest absolute Gasteiger partial charge is 0.326 e. The van der Waals surface area contributed by atoms with Gasteiger partial charge in [0.15, 0.2) is 0 Å². The minimum absolute atomic E-state index is 0.000700. The molecule has 1 aliphatic heterocycles. The van der Waals surface area contributed by atoms with E-state index in [0.29, 0.717) is 5.92 Å². The number of H-pyrrole nitrogens is 2. The van der Waals surface area contributed by atoms with Crippen molar-refractivity contribution < 1.29 is 0 Å². The average Bonchev–Trinajstić information content (AvgIpc) is 3.30. The van der Waals surface area contributed by atoms with Crippen LogP contribution in [0.25, 0.3) is 21.9 Å². The van der Waals surface area contributed by atoms with E-state index < -0.39 is 0 Å². The Bertz CT molecular complexity index is 1140. The molecule has 0 spiro atoms. The van der Waals surface area contributed by atoms with Gasteiger partial charge in [0.25, 0.3) is 0 Å². The maximum absolute atomic E-state index is 12.2. The van der Waals surface area contributed by atoms with Crippen molar-refractivity contribution in [2.75, 3.05) is 19.6 Å². The molecule has 2 aromatic heterocycles. The molecule has 28 heavy (non-hydrogen) atoms.